The highest BCUT2D eigenvalue weighted by Crippen LogP contribution is 2.29. The average molecular weight is 394 g/mol. The van der Waals surface area contributed by atoms with Gasteiger partial charge in [0.2, 0.25) is 5.91 Å². The minimum absolute atomic E-state index is 0.0953. The molecule has 1 aliphatic carbocycles. The molecule has 138 valence electrons. The number of hydrogen-bond acceptors (Lipinski definition) is 5. The molecule has 6 nitrogen and oxygen atoms in total. The van der Waals surface area contributed by atoms with Crippen LogP contribution in [0.5, 0.6) is 0 Å². The molecular weight excluding hydrogens is 374 g/mol. The molecule has 2 aromatic rings. The first kappa shape index (κ1) is 18.9. The molecule has 0 saturated carbocycles. The van der Waals surface area contributed by atoms with E-state index in [0.717, 1.165) is 36.1 Å². The number of amides is 1. The maximum atomic E-state index is 12.3. The van der Waals surface area contributed by atoms with Crippen molar-refractivity contribution in [3.8, 4) is 0 Å². The van der Waals surface area contributed by atoms with Crippen LogP contribution in [0.4, 0.5) is 5.69 Å². The van der Waals surface area contributed by atoms with Crippen LogP contribution in [0.25, 0.3) is 0 Å². The summed E-state index contributed by atoms with van der Waals surface area (Å²) in [5.74, 6) is -0.0112. The fraction of sp³-hybridized carbons (Fsp3) is 0.389. The predicted octanol–water partition coefficient (Wildman–Crippen LogP) is 2.42. The Morgan fingerprint density at radius 1 is 1.42 bits per heavy atom. The molecule has 2 N–H and O–H groups in total. The summed E-state index contributed by atoms with van der Waals surface area (Å²) in [6.45, 7) is 2.01. The summed E-state index contributed by atoms with van der Waals surface area (Å²) in [7, 11) is 0. The number of halogens is 1. The quantitative estimate of drug-likeness (QED) is 0.581. The molecule has 0 atom stereocenters. The van der Waals surface area contributed by atoms with Gasteiger partial charge in [-0.3, -0.25) is 9.36 Å². The Balaban J connectivity index is 1.73. The predicted molar refractivity (Wildman–Crippen MR) is 103 cm³/mol. The van der Waals surface area contributed by atoms with E-state index in [4.69, 9.17) is 16.7 Å². The van der Waals surface area contributed by atoms with E-state index in [0.29, 0.717) is 15.7 Å². The first-order chi connectivity index (χ1) is 12.5. The Bertz CT molecular complexity index is 898. The van der Waals surface area contributed by atoms with E-state index in [1.165, 1.54) is 11.8 Å². The van der Waals surface area contributed by atoms with Crippen molar-refractivity contribution < 1.29 is 9.90 Å². The fourth-order valence-corrected chi connectivity index (χ4v) is 4.15. The maximum Gasteiger partial charge on any atom is 0.348 e. The summed E-state index contributed by atoms with van der Waals surface area (Å²) in [6.07, 6.45) is 2.59. The molecule has 1 heterocycles. The van der Waals surface area contributed by atoms with Gasteiger partial charge >= 0.3 is 5.69 Å². The van der Waals surface area contributed by atoms with Crippen LogP contribution < -0.4 is 11.0 Å². The normalized spacial score (nSPS) is 12.9. The Morgan fingerprint density at radius 2 is 2.23 bits per heavy atom. The van der Waals surface area contributed by atoms with Gasteiger partial charge < -0.3 is 10.4 Å². The Morgan fingerprint density at radius 3 is 3.00 bits per heavy atom. The van der Waals surface area contributed by atoms with Crippen LogP contribution in [0.15, 0.2) is 28.0 Å². The van der Waals surface area contributed by atoms with Gasteiger partial charge in [-0.15, -0.1) is 0 Å². The number of benzene rings is 1. The molecule has 0 saturated heterocycles. The number of nitrogens with zero attached hydrogens (tertiary/aromatic N) is 2. The lowest BCUT2D eigenvalue weighted by Crippen LogP contribution is -2.28. The third-order valence-electron chi connectivity index (χ3n) is 4.41. The van der Waals surface area contributed by atoms with Gasteiger partial charge in [0.1, 0.15) is 5.03 Å². The molecule has 0 radical (unpaired) electrons. The second-order valence-electron chi connectivity index (χ2n) is 6.10. The van der Waals surface area contributed by atoms with Crippen LogP contribution in [-0.4, -0.2) is 32.9 Å². The first-order valence-corrected chi connectivity index (χ1v) is 9.79. The van der Waals surface area contributed by atoms with Crippen molar-refractivity contribution in [1.29, 1.82) is 0 Å². The lowest BCUT2D eigenvalue weighted by Gasteiger charge is -2.13. The van der Waals surface area contributed by atoms with E-state index in [1.54, 1.807) is 22.8 Å². The largest absolute Gasteiger partial charge is 0.395 e. The molecule has 3 rings (SSSR count). The van der Waals surface area contributed by atoms with Crippen LogP contribution in [0, 0.1) is 6.92 Å². The van der Waals surface area contributed by atoms with Gasteiger partial charge in [-0.05, 0) is 43.9 Å². The summed E-state index contributed by atoms with van der Waals surface area (Å²) in [6, 6.07) is 5.36. The van der Waals surface area contributed by atoms with Crippen molar-refractivity contribution >= 4 is 35.0 Å². The van der Waals surface area contributed by atoms with E-state index in [1.807, 2.05) is 6.92 Å². The Kier molecular flexibility index (Phi) is 6.01. The molecular formula is C18H20ClN3O3S. The van der Waals surface area contributed by atoms with Crippen molar-refractivity contribution in [2.45, 2.75) is 37.8 Å². The van der Waals surface area contributed by atoms with Crippen LogP contribution in [0.2, 0.25) is 5.02 Å². The number of aliphatic hydroxyl groups excluding tert-OH is 1. The lowest BCUT2D eigenvalue weighted by molar-refractivity contribution is -0.113. The number of anilines is 1. The van der Waals surface area contributed by atoms with Crippen molar-refractivity contribution in [3.63, 3.8) is 0 Å². The van der Waals surface area contributed by atoms with Crippen LogP contribution in [0.3, 0.4) is 0 Å². The van der Waals surface area contributed by atoms with Crippen molar-refractivity contribution in [3.05, 3.63) is 50.5 Å². The minimum Gasteiger partial charge on any atom is -0.395 e. The zero-order chi connectivity index (χ0) is 18.7. The molecule has 8 heteroatoms. The molecule has 26 heavy (non-hydrogen) atoms. The smallest absolute Gasteiger partial charge is 0.348 e. The summed E-state index contributed by atoms with van der Waals surface area (Å²) >= 11 is 7.34. The van der Waals surface area contributed by atoms with Crippen LogP contribution in [-0.2, 0) is 24.2 Å². The molecule has 0 unspecified atom stereocenters. The number of nitrogens with one attached hydrogen (secondary N) is 1. The molecule has 1 aliphatic rings. The van der Waals surface area contributed by atoms with Crippen molar-refractivity contribution in [2.75, 3.05) is 17.7 Å². The number of carbonyl (C=O) groups excluding carboxylic acids is 1. The van der Waals surface area contributed by atoms with E-state index in [9.17, 15) is 9.59 Å². The molecule has 1 aromatic heterocycles. The number of hydrogen-bond donors (Lipinski definition) is 2. The monoisotopic (exact) mass is 393 g/mol. The number of aliphatic hydroxyl groups is 1. The highest BCUT2D eigenvalue weighted by Gasteiger charge is 2.22. The Hall–Kier alpha value is -1.83. The zero-order valence-electron chi connectivity index (χ0n) is 14.4. The topological polar surface area (TPSA) is 84.2 Å². The van der Waals surface area contributed by atoms with E-state index in [-0.39, 0.29) is 30.5 Å². The van der Waals surface area contributed by atoms with E-state index >= 15 is 0 Å². The van der Waals surface area contributed by atoms with Crippen molar-refractivity contribution in [2.24, 2.45) is 0 Å². The average Bonchev–Trinajstić information content (AvgIpc) is 3.10. The number of aromatic nitrogens is 2. The van der Waals surface area contributed by atoms with Crippen LogP contribution >= 0.6 is 23.4 Å². The standard InChI is InChI=1S/C18H20ClN3O3S/c1-11-13(19)5-3-6-14(11)20-16(24)10-26-17-12-4-2-7-15(12)22(8-9-23)18(25)21-17/h3,5-6,23H,2,4,7-10H2,1H3,(H,20,24). The number of fused-ring (bicyclic) bond motifs is 1. The highest BCUT2D eigenvalue weighted by atomic mass is 35.5. The molecule has 0 bridgehead atoms. The minimum atomic E-state index is -0.367. The number of carbonyl (C=O) groups is 1. The maximum absolute atomic E-state index is 12.3. The van der Waals surface area contributed by atoms with Crippen LogP contribution in [0.1, 0.15) is 23.2 Å². The lowest BCUT2D eigenvalue weighted by atomic mass is 10.2. The third-order valence-corrected chi connectivity index (χ3v) is 5.83. The zero-order valence-corrected chi connectivity index (χ0v) is 16.0. The number of rotatable bonds is 6. The molecule has 1 aromatic carbocycles. The molecule has 0 spiro atoms. The summed E-state index contributed by atoms with van der Waals surface area (Å²) in [5, 5.41) is 13.2. The second-order valence-corrected chi connectivity index (χ2v) is 7.47. The van der Waals surface area contributed by atoms with Gasteiger partial charge in [-0.25, -0.2) is 4.79 Å². The number of thioether (sulfide) groups is 1. The SMILES string of the molecule is Cc1c(Cl)cccc1NC(=O)CSc1nc(=O)n(CCO)c2c1CCC2. The van der Waals surface area contributed by atoms with Gasteiger partial charge in [-0.1, -0.05) is 29.4 Å². The summed E-state index contributed by atoms with van der Waals surface area (Å²) in [5.41, 5.74) is 3.09. The third kappa shape index (κ3) is 3.95. The molecule has 1 amide bonds. The van der Waals surface area contributed by atoms with Gasteiger partial charge in [0.15, 0.2) is 0 Å². The fourth-order valence-electron chi connectivity index (χ4n) is 3.10. The highest BCUT2D eigenvalue weighted by molar-refractivity contribution is 8.00. The summed E-state index contributed by atoms with van der Waals surface area (Å²) in [4.78, 5) is 28.6. The van der Waals surface area contributed by atoms with E-state index in [2.05, 4.69) is 10.3 Å². The molecule has 0 fully saturated rings. The van der Waals surface area contributed by atoms with Gasteiger partial charge in [0.05, 0.1) is 18.9 Å². The second kappa shape index (κ2) is 8.24. The van der Waals surface area contributed by atoms with E-state index < -0.39 is 0 Å². The van der Waals surface area contributed by atoms with Gasteiger partial charge in [0.25, 0.3) is 0 Å². The van der Waals surface area contributed by atoms with Gasteiger partial charge in [-0.2, -0.15) is 4.98 Å². The summed E-state index contributed by atoms with van der Waals surface area (Å²) < 4.78 is 1.54. The molecule has 0 aliphatic heterocycles. The van der Waals surface area contributed by atoms with Crippen molar-refractivity contribution in [1.82, 2.24) is 9.55 Å². The first-order valence-electron chi connectivity index (χ1n) is 8.42. The van der Waals surface area contributed by atoms with Gasteiger partial charge in [0, 0.05) is 22.0 Å². The Labute approximate surface area is 160 Å².